The number of nitro groups is 1. The third-order valence-electron chi connectivity index (χ3n) is 3.14. The van der Waals surface area contributed by atoms with Crippen molar-refractivity contribution in [3.8, 4) is 5.75 Å². The summed E-state index contributed by atoms with van der Waals surface area (Å²) in [6, 6.07) is 13.3. The number of rotatable bonds is 7. The van der Waals surface area contributed by atoms with E-state index in [-0.39, 0.29) is 5.69 Å². The first-order valence-corrected chi connectivity index (χ1v) is 7.43. The maximum atomic E-state index is 10.6. The molecule has 120 valence electrons. The minimum atomic E-state index is -0.446. The molecule has 0 spiro atoms. The van der Waals surface area contributed by atoms with Crippen LogP contribution in [0, 0.1) is 16.0 Å². The summed E-state index contributed by atoms with van der Waals surface area (Å²) in [6.45, 7) is 5.01. The van der Waals surface area contributed by atoms with E-state index in [1.165, 1.54) is 12.1 Å². The Morgan fingerprint density at radius 3 is 2.00 bits per heavy atom. The Balaban J connectivity index is 1.93. The van der Waals surface area contributed by atoms with Crippen molar-refractivity contribution in [3.05, 3.63) is 58.6 Å². The van der Waals surface area contributed by atoms with E-state index in [1.54, 1.807) is 12.1 Å². The summed E-state index contributed by atoms with van der Waals surface area (Å²) >= 11 is 0. The van der Waals surface area contributed by atoms with Crippen LogP contribution in [0.15, 0.2) is 58.8 Å². The topological polar surface area (TPSA) is 77.1 Å². The second kappa shape index (κ2) is 8.03. The highest BCUT2D eigenvalue weighted by Gasteiger charge is 2.03. The fourth-order valence-electron chi connectivity index (χ4n) is 1.78. The van der Waals surface area contributed by atoms with Crippen LogP contribution in [0.25, 0.3) is 0 Å². The Hall–Kier alpha value is -2.76. The summed E-state index contributed by atoms with van der Waals surface area (Å²) in [5.74, 6) is 1.42. The molecule has 0 aliphatic rings. The molecule has 2 aromatic carbocycles. The predicted molar refractivity (Wildman–Crippen MR) is 88.7 cm³/mol. The predicted octanol–water partition coefficient (Wildman–Crippen LogP) is 5.44. The molecule has 2 aromatic rings. The Labute approximate surface area is 135 Å². The van der Waals surface area contributed by atoms with Gasteiger partial charge >= 0.3 is 0 Å². The molecule has 0 radical (unpaired) electrons. The lowest BCUT2D eigenvalue weighted by Gasteiger charge is -2.07. The summed E-state index contributed by atoms with van der Waals surface area (Å²) < 4.78 is 5.63. The average molecular weight is 313 g/mol. The molecule has 0 amide bonds. The molecule has 0 aromatic heterocycles. The molecule has 2 rings (SSSR count). The van der Waals surface area contributed by atoms with E-state index in [2.05, 4.69) is 24.1 Å². The van der Waals surface area contributed by atoms with Crippen molar-refractivity contribution in [1.82, 2.24) is 0 Å². The molecule has 6 heteroatoms. The number of hydrogen-bond donors (Lipinski definition) is 0. The SMILES string of the molecule is CC(C)CCOc1ccc(N=Nc2ccc([N+](=O)[O-])cc2)cc1. The molecule has 0 fully saturated rings. The Morgan fingerprint density at radius 2 is 1.52 bits per heavy atom. The number of azo groups is 1. The molecule has 23 heavy (non-hydrogen) atoms. The lowest BCUT2D eigenvalue weighted by atomic mass is 10.1. The summed E-state index contributed by atoms with van der Waals surface area (Å²) in [7, 11) is 0. The maximum absolute atomic E-state index is 10.6. The fourth-order valence-corrected chi connectivity index (χ4v) is 1.78. The molecule has 6 nitrogen and oxygen atoms in total. The Kier molecular flexibility index (Phi) is 5.80. The number of nitrogens with zero attached hydrogens (tertiary/aromatic N) is 3. The number of nitro benzene ring substituents is 1. The monoisotopic (exact) mass is 313 g/mol. The van der Waals surface area contributed by atoms with Crippen molar-refractivity contribution in [2.75, 3.05) is 6.61 Å². The molecule has 0 aliphatic carbocycles. The number of benzene rings is 2. The zero-order valence-corrected chi connectivity index (χ0v) is 13.2. The average Bonchev–Trinajstić information content (AvgIpc) is 2.54. The molecule has 0 heterocycles. The molecule has 0 aliphatic heterocycles. The molecular weight excluding hydrogens is 294 g/mol. The van der Waals surface area contributed by atoms with Gasteiger partial charge in [-0.05, 0) is 48.7 Å². The van der Waals surface area contributed by atoms with Crippen molar-refractivity contribution >= 4 is 17.1 Å². The standard InChI is InChI=1S/C17H19N3O3/c1-13(2)11-12-23-17-9-5-15(6-10-17)19-18-14-3-7-16(8-4-14)20(21)22/h3-10,13H,11-12H2,1-2H3. The van der Waals surface area contributed by atoms with Gasteiger partial charge in [-0.2, -0.15) is 10.2 Å². The first-order chi connectivity index (χ1) is 11.0. The van der Waals surface area contributed by atoms with E-state index >= 15 is 0 Å². The fraction of sp³-hybridized carbons (Fsp3) is 0.294. The van der Waals surface area contributed by atoms with Crippen LogP contribution in [0.1, 0.15) is 20.3 Å². The van der Waals surface area contributed by atoms with Gasteiger partial charge in [-0.25, -0.2) is 0 Å². The molecule has 0 bridgehead atoms. The van der Waals surface area contributed by atoms with Crippen molar-refractivity contribution in [1.29, 1.82) is 0 Å². The van der Waals surface area contributed by atoms with Crippen LogP contribution in [0.3, 0.4) is 0 Å². The van der Waals surface area contributed by atoms with Crippen molar-refractivity contribution in [2.24, 2.45) is 16.1 Å². The lowest BCUT2D eigenvalue weighted by Crippen LogP contribution is -2.00. The maximum Gasteiger partial charge on any atom is 0.269 e. The second-order valence-corrected chi connectivity index (χ2v) is 5.50. The minimum Gasteiger partial charge on any atom is -0.494 e. The third-order valence-corrected chi connectivity index (χ3v) is 3.14. The first kappa shape index (κ1) is 16.6. The van der Waals surface area contributed by atoms with E-state index in [9.17, 15) is 10.1 Å². The normalized spacial score (nSPS) is 11.1. The Bertz CT molecular complexity index is 664. The van der Waals surface area contributed by atoms with Crippen LogP contribution in [-0.2, 0) is 0 Å². The molecule has 0 N–H and O–H groups in total. The van der Waals surface area contributed by atoms with Crippen molar-refractivity contribution < 1.29 is 9.66 Å². The minimum absolute atomic E-state index is 0.0341. The van der Waals surface area contributed by atoms with E-state index < -0.39 is 4.92 Å². The van der Waals surface area contributed by atoms with Crippen molar-refractivity contribution in [2.45, 2.75) is 20.3 Å². The second-order valence-electron chi connectivity index (χ2n) is 5.50. The highest BCUT2D eigenvalue weighted by molar-refractivity contribution is 5.45. The van der Waals surface area contributed by atoms with E-state index in [4.69, 9.17) is 4.74 Å². The smallest absolute Gasteiger partial charge is 0.269 e. The lowest BCUT2D eigenvalue weighted by molar-refractivity contribution is -0.384. The molecule has 0 unspecified atom stereocenters. The highest BCUT2D eigenvalue weighted by Crippen LogP contribution is 2.23. The third kappa shape index (κ3) is 5.50. The van der Waals surface area contributed by atoms with Gasteiger partial charge in [-0.15, -0.1) is 0 Å². The van der Waals surface area contributed by atoms with Gasteiger partial charge in [0.25, 0.3) is 5.69 Å². The summed E-state index contributed by atoms with van der Waals surface area (Å²) in [4.78, 5) is 10.1. The molecule has 0 saturated heterocycles. The quantitative estimate of drug-likeness (QED) is 0.388. The van der Waals surface area contributed by atoms with Gasteiger partial charge in [0.15, 0.2) is 0 Å². The molecule has 0 atom stereocenters. The van der Waals surface area contributed by atoms with Gasteiger partial charge in [-0.3, -0.25) is 10.1 Å². The summed E-state index contributed by atoms with van der Waals surface area (Å²) in [5, 5.41) is 18.7. The van der Waals surface area contributed by atoms with Crippen LogP contribution in [-0.4, -0.2) is 11.5 Å². The van der Waals surface area contributed by atoms with Crippen LogP contribution in [0.5, 0.6) is 5.75 Å². The van der Waals surface area contributed by atoms with Crippen molar-refractivity contribution in [3.63, 3.8) is 0 Å². The van der Waals surface area contributed by atoms with Crippen LogP contribution >= 0.6 is 0 Å². The van der Waals surface area contributed by atoms with Gasteiger partial charge < -0.3 is 4.74 Å². The highest BCUT2D eigenvalue weighted by atomic mass is 16.6. The van der Waals surface area contributed by atoms with E-state index in [1.807, 2.05) is 24.3 Å². The summed E-state index contributed by atoms with van der Waals surface area (Å²) in [6.07, 6.45) is 1.02. The van der Waals surface area contributed by atoms with Crippen LogP contribution < -0.4 is 4.74 Å². The molecular formula is C17H19N3O3. The van der Waals surface area contributed by atoms with Crippen LogP contribution in [0.4, 0.5) is 17.1 Å². The van der Waals surface area contributed by atoms with Gasteiger partial charge in [0, 0.05) is 12.1 Å². The zero-order valence-electron chi connectivity index (χ0n) is 13.2. The van der Waals surface area contributed by atoms with Gasteiger partial charge in [-0.1, -0.05) is 13.8 Å². The number of hydrogen-bond acceptors (Lipinski definition) is 5. The number of non-ortho nitro benzene ring substituents is 1. The van der Waals surface area contributed by atoms with E-state index in [0.29, 0.717) is 23.9 Å². The first-order valence-electron chi connectivity index (χ1n) is 7.43. The summed E-state index contributed by atoms with van der Waals surface area (Å²) in [5.41, 5.74) is 1.29. The van der Waals surface area contributed by atoms with Crippen LogP contribution in [0.2, 0.25) is 0 Å². The molecule has 0 saturated carbocycles. The zero-order chi connectivity index (χ0) is 16.7. The number of ether oxygens (including phenoxy) is 1. The Morgan fingerprint density at radius 1 is 1.00 bits per heavy atom. The van der Waals surface area contributed by atoms with E-state index in [0.717, 1.165) is 12.2 Å². The largest absolute Gasteiger partial charge is 0.494 e. The van der Waals surface area contributed by atoms with Gasteiger partial charge in [0.2, 0.25) is 0 Å². The van der Waals surface area contributed by atoms with Gasteiger partial charge in [0.05, 0.1) is 22.9 Å². The van der Waals surface area contributed by atoms with Gasteiger partial charge in [0.1, 0.15) is 5.75 Å².